The number of aliphatic hydroxyl groups excluding tert-OH is 1. The number of hydrogen-bond acceptors (Lipinski definition) is 10. The number of anilines is 4. The van der Waals surface area contributed by atoms with Crippen LogP contribution in [0.5, 0.6) is 0 Å². The molecule has 0 aliphatic carbocycles. The third-order valence-corrected chi connectivity index (χ3v) is 3.21. The van der Waals surface area contributed by atoms with Gasteiger partial charge < -0.3 is 26.0 Å². The summed E-state index contributed by atoms with van der Waals surface area (Å²) >= 11 is 0. The summed E-state index contributed by atoms with van der Waals surface area (Å²) in [5.41, 5.74) is 0.287. The predicted molar refractivity (Wildman–Crippen MR) is 108 cm³/mol. The van der Waals surface area contributed by atoms with Crippen LogP contribution in [0, 0.1) is 5.41 Å². The minimum absolute atomic E-state index is 0.0850. The molecule has 0 amide bonds. The maximum Gasteiger partial charge on any atom is 0.262 e. The van der Waals surface area contributed by atoms with Gasteiger partial charge in [-0.3, -0.25) is 5.41 Å². The van der Waals surface area contributed by atoms with Gasteiger partial charge >= 0.3 is 0 Å². The fraction of sp³-hybridized carbons (Fsp3) is 0.333. The van der Waals surface area contributed by atoms with Crippen LogP contribution in [0.4, 0.5) is 29.2 Å². The Bertz CT molecular complexity index is 838. The van der Waals surface area contributed by atoms with Gasteiger partial charge in [0.25, 0.3) is 5.96 Å². The Balaban J connectivity index is 2.19. The molecule has 0 saturated heterocycles. The van der Waals surface area contributed by atoms with Crippen LogP contribution in [0.1, 0.15) is 0 Å². The molecule has 0 aliphatic rings. The molecule has 0 aromatic carbocycles. The highest BCUT2D eigenvalue weighted by Gasteiger charge is 2.13. The molecule has 2 aromatic heterocycles. The Labute approximate surface area is 161 Å². The van der Waals surface area contributed by atoms with E-state index in [9.17, 15) is 0 Å². The van der Waals surface area contributed by atoms with Crippen molar-refractivity contribution in [3.05, 3.63) is 18.5 Å². The minimum Gasteiger partial charge on any atom is -0.395 e. The van der Waals surface area contributed by atoms with Crippen molar-refractivity contribution in [2.75, 3.05) is 55.1 Å². The second kappa shape index (κ2) is 10.4. The molecule has 0 bridgehead atoms. The van der Waals surface area contributed by atoms with Gasteiger partial charge in [-0.15, -0.1) is 10.2 Å². The molecule has 0 spiro atoms. The quantitative estimate of drug-likeness (QED) is 0.251. The second-order valence-electron chi connectivity index (χ2n) is 5.17. The highest BCUT2D eigenvalue weighted by atomic mass is 16.3. The van der Waals surface area contributed by atoms with Gasteiger partial charge in [0.2, 0.25) is 11.9 Å². The largest absolute Gasteiger partial charge is 0.395 e. The van der Waals surface area contributed by atoms with Crippen molar-refractivity contribution >= 4 is 41.5 Å². The maximum absolute atomic E-state index is 9.05. The topological polar surface area (TPSA) is 172 Å². The van der Waals surface area contributed by atoms with E-state index in [1.165, 1.54) is 6.34 Å². The predicted octanol–water partition coefficient (Wildman–Crippen LogP) is 0.937. The maximum atomic E-state index is 9.05. The van der Waals surface area contributed by atoms with Crippen molar-refractivity contribution in [2.45, 2.75) is 0 Å². The van der Waals surface area contributed by atoms with Gasteiger partial charge in [-0.2, -0.15) is 9.97 Å². The van der Waals surface area contributed by atoms with Gasteiger partial charge in [-0.05, 0) is 6.07 Å². The first kappa shape index (κ1) is 20.6. The van der Waals surface area contributed by atoms with Gasteiger partial charge in [0.15, 0.2) is 17.3 Å². The van der Waals surface area contributed by atoms with Crippen LogP contribution < -0.4 is 20.9 Å². The summed E-state index contributed by atoms with van der Waals surface area (Å²) in [6.07, 6.45) is 4.57. The van der Waals surface area contributed by atoms with Crippen molar-refractivity contribution < 1.29 is 5.11 Å². The first-order valence-electron chi connectivity index (χ1n) is 8.25. The summed E-state index contributed by atoms with van der Waals surface area (Å²) in [6.45, 7) is 0.182. The van der Waals surface area contributed by atoms with Crippen LogP contribution in [0.15, 0.2) is 33.7 Å². The van der Waals surface area contributed by atoms with E-state index < -0.39 is 0 Å². The number of nitrogens with one attached hydrogen (secondary N) is 4. The number of azo groups is 1. The van der Waals surface area contributed by atoms with E-state index in [0.29, 0.717) is 23.5 Å². The fourth-order valence-corrected chi connectivity index (χ4v) is 1.92. The van der Waals surface area contributed by atoms with Crippen LogP contribution in [-0.4, -0.2) is 71.6 Å². The lowest BCUT2D eigenvalue weighted by molar-refractivity contribution is 0.311. The Morgan fingerprint density at radius 2 is 1.93 bits per heavy atom. The van der Waals surface area contributed by atoms with Crippen molar-refractivity contribution in [1.29, 1.82) is 5.41 Å². The summed E-state index contributed by atoms with van der Waals surface area (Å²) in [5.74, 6) is 1.21. The average molecular weight is 386 g/mol. The molecular weight excluding hydrogens is 364 g/mol. The van der Waals surface area contributed by atoms with Crippen molar-refractivity contribution in [3.63, 3.8) is 0 Å². The number of aliphatic imine (C=N–C) groups is 1. The minimum atomic E-state index is -0.337. The number of aliphatic hydroxyl groups is 1. The van der Waals surface area contributed by atoms with Crippen molar-refractivity contribution in [3.8, 4) is 0 Å². The Morgan fingerprint density at radius 1 is 1.21 bits per heavy atom. The van der Waals surface area contributed by atoms with Crippen molar-refractivity contribution in [1.82, 2.24) is 19.9 Å². The smallest absolute Gasteiger partial charge is 0.262 e. The Morgan fingerprint density at radius 3 is 2.57 bits per heavy atom. The van der Waals surface area contributed by atoms with Gasteiger partial charge in [-0.1, -0.05) is 0 Å². The monoisotopic (exact) mass is 386 g/mol. The molecule has 13 heteroatoms. The van der Waals surface area contributed by atoms with E-state index in [0.717, 1.165) is 0 Å². The Hall–Kier alpha value is -3.74. The molecule has 148 valence electrons. The van der Waals surface area contributed by atoms with Crippen LogP contribution in [0.3, 0.4) is 0 Å². The van der Waals surface area contributed by atoms with Gasteiger partial charge in [-0.25, -0.2) is 15.0 Å². The summed E-state index contributed by atoms with van der Waals surface area (Å²) in [5, 5.41) is 33.4. The van der Waals surface area contributed by atoms with Crippen LogP contribution in [-0.2, 0) is 0 Å². The lowest BCUT2D eigenvalue weighted by atomic mass is 10.4. The van der Waals surface area contributed by atoms with Crippen LogP contribution in [0.2, 0.25) is 0 Å². The number of guanidine groups is 1. The van der Waals surface area contributed by atoms with Crippen molar-refractivity contribution in [2.24, 2.45) is 15.2 Å². The lowest BCUT2D eigenvalue weighted by Crippen LogP contribution is -2.17. The third-order valence-electron chi connectivity index (χ3n) is 3.21. The van der Waals surface area contributed by atoms with Crippen LogP contribution >= 0.6 is 0 Å². The first-order valence-corrected chi connectivity index (χ1v) is 8.25. The number of nitrogens with zero attached hydrogens (tertiary/aromatic N) is 8. The Kier molecular flexibility index (Phi) is 7.65. The molecular formula is C15H22N12O. The number of hydrogen-bond donors (Lipinski definition) is 5. The average Bonchev–Trinajstić information content (AvgIpc) is 2.74. The molecule has 0 saturated carbocycles. The fourth-order valence-electron chi connectivity index (χ4n) is 1.92. The van der Waals surface area contributed by atoms with E-state index in [2.05, 4.69) is 51.1 Å². The SMILES string of the molecule is CNc1nc(NC)c(N=NC(=N)N=CN(C)c2ncccn2)c(NCCO)n1. The lowest BCUT2D eigenvalue weighted by Gasteiger charge is -2.12. The highest BCUT2D eigenvalue weighted by Crippen LogP contribution is 2.32. The molecule has 2 rings (SSSR count). The van der Waals surface area contributed by atoms with E-state index in [1.54, 1.807) is 44.5 Å². The zero-order chi connectivity index (χ0) is 20.4. The third kappa shape index (κ3) is 5.63. The molecule has 0 atom stereocenters. The molecule has 13 nitrogen and oxygen atoms in total. The zero-order valence-electron chi connectivity index (χ0n) is 15.7. The highest BCUT2D eigenvalue weighted by molar-refractivity contribution is 5.90. The van der Waals surface area contributed by atoms with Gasteiger partial charge in [0.05, 0.1) is 6.61 Å². The summed E-state index contributed by atoms with van der Waals surface area (Å²) in [7, 11) is 5.06. The molecule has 5 N–H and O–H groups in total. The zero-order valence-corrected chi connectivity index (χ0v) is 15.7. The van der Waals surface area contributed by atoms with Gasteiger partial charge in [0, 0.05) is 40.1 Å². The standard InChI is InChI=1S/C15H22N12O/c1-17-11-10(12(19-7-8-28)24-14(18-2)23-11)25-26-13(16)22-9-27(3)15-20-5-4-6-21-15/h4-6,9,16,28H,7-8H2,1-3H3,(H3,17,18,19,23,24). The number of aromatic nitrogens is 4. The molecule has 0 radical (unpaired) electrons. The summed E-state index contributed by atoms with van der Waals surface area (Å²) in [4.78, 5) is 22.1. The second-order valence-corrected chi connectivity index (χ2v) is 5.17. The molecule has 2 heterocycles. The molecule has 2 aromatic rings. The van der Waals surface area contributed by atoms with E-state index in [1.807, 2.05) is 0 Å². The van der Waals surface area contributed by atoms with Gasteiger partial charge in [0.1, 0.15) is 6.34 Å². The molecule has 0 fully saturated rings. The summed E-state index contributed by atoms with van der Waals surface area (Å²) in [6, 6.07) is 1.70. The molecule has 0 aliphatic heterocycles. The van der Waals surface area contributed by atoms with E-state index in [4.69, 9.17) is 10.5 Å². The molecule has 28 heavy (non-hydrogen) atoms. The normalized spacial score (nSPS) is 11.0. The van der Waals surface area contributed by atoms with E-state index in [-0.39, 0.29) is 24.8 Å². The van der Waals surface area contributed by atoms with Crippen LogP contribution in [0.25, 0.3) is 0 Å². The first-order chi connectivity index (χ1) is 13.6. The molecule has 0 unspecified atom stereocenters. The van der Waals surface area contributed by atoms with E-state index >= 15 is 0 Å². The summed E-state index contributed by atoms with van der Waals surface area (Å²) < 4.78 is 0. The number of rotatable bonds is 8.